The molecule has 0 aromatic heterocycles. The van der Waals surface area contributed by atoms with Gasteiger partial charge in [0.15, 0.2) is 0 Å². The zero-order valence-electron chi connectivity index (χ0n) is 12.4. The molecule has 0 spiro atoms. The Hall–Kier alpha value is -1.03. The van der Waals surface area contributed by atoms with E-state index in [1.165, 1.54) is 26.4 Å². The third-order valence-electron chi connectivity index (χ3n) is 3.95. The highest BCUT2D eigenvalue weighted by molar-refractivity contribution is 9.10. The Morgan fingerprint density at radius 2 is 1.90 bits per heavy atom. The summed E-state index contributed by atoms with van der Waals surface area (Å²) in [4.78, 5) is 14.1. The van der Waals surface area contributed by atoms with Crippen LogP contribution in [0.4, 0.5) is 10.5 Å². The predicted octanol–water partition coefficient (Wildman–Crippen LogP) is 4.97. The molecule has 1 amide bonds. The summed E-state index contributed by atoms with van der Waals surface area (Å²) in [5.41, 5.74) is 3.23. The molecule has 1 aromatic carbocycles. The van der Waals surface area contributed by atoms with Crippen LogP contribution in [0.2, 0.25) is 0 Å². The normalized spacial score (nSPS) is 16.0. The number of nitrogens with zero attached hydrogens (tertiary/aromatic N) is 1. The molecular weight excluding hydrogens is 318 g/mol. The minimum atomic E-state index is -0.261. The second-order valence-corrected chi connectivity index (χ2v) is 6.34. The van der Waals surface area contributed by atoms with Crippen LogP contribution in [0.3, 0.4) is 0 Å². The van der Waals surface area contributed by atoms with Gasteiger partial charge >= 0.3 is 6.09 Å². The molecule has 0 atom stereocenters. The third-order valence-corrected chi connectivity index (χ3v) is 4.98. The van der Waals surface area contributed by atoms with Crippen molar-refractivity contribution in [3.8, 4) is 0 Å². The van der Waals surface area contributed by atoms with E-state index in [1.54, 1.807) is 0 Å². The molecule has 3 nitrogen and oxygen atoms in total. The van der Waals surface area contributed by atoms with Crippen molar-refractivity contribution in [2.75, 3.05) is 12.0 Å². The monoisotopic (exact) mass is 339 g/mol. The van der Waals surface area contributed by atoms with Crippen molar-refractivity contribution >= 4 is 27.7 Å². The number of aryl methyl sites for hydroxylation is 2. The molecule has 1 aromatic rings. The average molecular weight is 340 g/mol. The maximum absolute atomic E-state index is 12.3. The van der Waals surface area contributed by atoms with Crippen LogP contribution in [-0.4, -0.2) is 19.2 Å². The van der Waals surface area contributed by atoms with Crippen LogP contribution in [0, 0.1) is 13.8 Å². The summed E-state index contributed by atoms with van der Waals surface area (Å²) in [6.45, 7) is 4.11. The summed E-state index contributed by atoms with van der Waals surface area (Å²) in [5.74, 6) is 0. The van der Waals surface area contributed by atoms with Gasteiger partial charge in [-0.2, -0.15) is 0 Å². The lowest BCUT2D eigenvalue weighted by Gasteiger charge is -2.34. The Morgan fingerprint density at radius 3 is 2.50 bits per heavy atom. The van der Waals surface area contributed by atoms with Crippen LogP contribution in [0.25, 0.3) is 0 Å². The van der Waals surface area contributed by atoms with Gasteiger partial charge in [0.05, 0.1) is 12.8 Å². The summed E-state index contributed by atoms with van der Waals surface area (Å²) < 4.78 is 6.01. The molecule has 0 heterocycles. The topological polar surface area (TPSA) is 29.5 Å². The lowest BCUT2D eigenvalue weighted by Crippen LogP contribution is -2.42. The number of amides is 1. The standard InChI is InChI=1S/C16H22BrNO2/c1-11-9-12(2)15(17)14(10-11)18(16(19)20-3)13-7-5-4-6-8-13/h9-10,13H,4-8H2,1-3H3. The highest BCUT2D eigenvalue weighted by Crippen LogP contribution is 2.35. The van der Waals surface area contributed by atoms with Gasteiger partial charge < -0.3 is 4.74 Å². The summed E-state index contributed by atoms with van der Waals surface area (Å²) in [6.07, 6.45) is 5.46. The quantitative estimate of drug-likeness (QED) is 0.761. The van der Waals surface area contributed by atoms with Crippen LogP contribution < -0.4 is 4.90 Å². The van der Waals surface area contributed by atoms with Gasteiger partial charge in [-0.15, -0.1) is 0 Å². The van der Waals surface area contributed by atoms with Crippen molar-refractivity contribution in [1.29, 1.82) is 0 Å². The van der Waals surface area contributed by atoms with Crippen LogP contribution in [0.5, 0.6) is 0 Å². The molecule has 0 aliphatic heterocycles. The Bertz CT molecular complexity index is 495. The number of methoxy groups -OCH3 is 1. The molecule has 1 aliphatic rings. The zero-order valence-corrected chi connectivity index (χ0v) is 14.0. The van der Waals surface area contributed by atoms with E-state index in [9.17, 15) is 4.79 Å². The number of benzene rings is 1. The van der Waals surface area contributed by atoms with E-state index in [2.05, 4.69) is 41.9 Å². The molecule has 0 radical (unpaired) electrons. The van der Waals surface area contributed by atoms with Gasteiger partial charge in [0.1, 0.15) is 0 Å². The maximum atomic E-state index is 12.3. The molecule has 0 N–H and O–H groups in total. The Kier molecular flexibility index (Phi) is 5.08. The minimum absolute atomic E-state index is 0.244. The van der Waals surface area contributed by atoms with Crippen molar-refractivity contribution in [2.45, 2.75) is 52.0 Å². The van der Waals surface area contributed by atoms with E-state index in [4.69, 9.17) is 4.74 Å². The van der Waals surface area contributed by atoms with E-state index in [0.717, 1.165) is 34.1 Å². The summed E-state index contributed by atoms with van der Waals surface area (Å²) in [5, 5.41) is 0. The first-order valence-corrected chi connectivity index (χ1v) is 7.98. The summed E-state index contributed by atoms with van der Waals surface area (Å²) in [6, 6.07) is 4.42. The first kappa shape index (κ1) is 15.4. The van der Waals surface area contributed by atoms with Crippen molar-refractivity contribution in [3.63, 3.8) is 0 Å². The number of ether oxygens (including phenoxy) is 1. The van der Waals surface area contributed by atoms with Gasteiger partial charge in [-0.3, -0.25) is 4.90 Å². The number of halogens is 1. The lowest BCUT2D eigenvalue weighted by molar-refractivity contribution is 0.173. The molecule has 1 aliphatic carbocycles. The first-order chi connectivity index (χ1) is 9.54. The summed E-state index contributed by atoms with van der Waals surface area (Å²) >= 11 is 3.63. The van der Waals surface area contributed by atoms with Gasteiger partial charge in [-0.1, -0.05) is 25.3 Å². The number of carbonyl (C=O) groups is 1. The van der Waals surface area contributed by atoms with Gasteiger partial charge in [-0.25, -0.2) is 4.79 Å². The molecule has 110 valence electrons. The van der Waals surface area contributed by atoms with Crippen LogP contribution in [0.1, 0.15) is 43.2 Å². The molecule has 4 heteroatoms. The fourth-order valence-corrected chi connectivity index (χ4v) is 3.40. The number of anilines is 1. The Balaban J connectivity index is 2.43. The van der Waals surface area contributed by atoms with Crippen molar-refractivity contribution in [1.82, 2.24) is 0 Å². The van der Waals surface area contributed by atoms with E-state index in [0.29, 0.717) is 0 Å². The number of carbonyl (C=O) groups excluding carboxylic acids is 1. The Morgan fingerprint density at radius 1 is 1.25 bits per heavy atom. The molecule has 0 bridgehead atoms. The van der Waals surface area contributed by atoms with E-state index in [-0.39, 0.29) is 12.1 Å². The second kappa shape index (κ2) is 6.61. The van der Waals surface area contributed by atoms with Crippen molar-refractivity contribution in [2.24, 2.45) is 0 Å². The van der Waals surface area contributed by atoms with E-state index < -0.39 is 0 Å². The van der Waals surface area contributed by atoms with Crippen LogP contribution in [-0.2, 0) is 4.74 Å². The predicted molar refractivity (Wildman–Crippen MR) is 85.4 cm³/mol. The highest BCUT2D eigenvalue weighted by Gasteiger charge is 2.29. The lowest BCUT2D eigenvalue weighted by atomic mass is 9.93. The molecule has 0 saturated heterocycles. The Labute approximate surface area is 129 Å². The van der Waals surface area contributed by atoms with Gasteiger partial charge in [0.2, 0.25) is 0 Å². The molecule has 1 fully saturated rings. The molecule has 20 heavy (non-hydrogen) atoms. The zero-order chi connectivity index (χ0) is 14.7. The first-order valence-electron chi connectivity index (χ1n) is 7.18. The van der Waals surface area contributed by atoms with Gasteiger partial charge in [-0.05, 0) is 59.8 Å². The SMILES string of the molecule is COC(=O)N(c1cc(C)cc(C)c1Br)C1CCCCC1. The summed E-state index contributed by atoms with van der Waals surface area (Å²) in [7, 11) is 1.45. The molecule has 1 saturated carbocycles. The molecular formula is C16H22BrNO2. The fourth-order valence-electron chi connectivity index (χ4n) is 2.98. The smallest absolute Gasteiger partial charge is 0.414 e. The largest absolute Gasteiger partial charge is 0.452 e. The van der Waals surface area contributed by atoms with E-state index >= 15 is 0 Å². The third kappa shape index (κ3) is 3.17. The van der Waals surface area contributed by atoms with Gasteiger partial charge in [0.25, 0.3) is 0 Å². The minimum Gasteiger partial charge on any atom is -0.452 e. The highest BCUT2D eigenvalue weighted by atomic mass is 79.9. The number of rotatable bonds is 2. The van der Waals surface area contributed by atoms with Crippen LogP contribution in [0.15, 0.2) is 16.6 Å². The maximum Gasteiger partial charge on any atom is 0.414 e. The molecule has 0 unspecified atom stereocenters. The van der Waals surface area contributed by atoms with Crippen molar-refractivity contribution in [3.05, 3.63) is 27.7 Å². The number of hydrogen-bond acceptors (Lipinski definition) is 2. The van der Waals surface area contributed by atoms with Gasteiger partial charge in [0, 0.05) is 10.5 Å². The fraction of sp³-hybridized carbons (Fsp3) is 0.562. The average Bonchev–Trinajstić information content (AvgIpc) is 2.45. The second-order valence-electron chi connectivity index (χ2n) is 5.55. The molecule has 2 rings (SSSR count). The van der Waals surface area contributed by atoms with Crippen LogP contribution >= 0.6 is 15.9 Å². The van der Waals surface area contributed by atoms with Crippen molar-refractivity contribution < 1.29 is 9.53 Å². The van der Waals surface area contributed by atoms with E-state index in [1.807, 2.05) is 4.90 Å². The number of hydrogen-bond donors (Lipinski definition) is 0.